The Kier molecular flexibility index (Phi) is 5.07. The number of hydrogen-bond donors (Lipinski definition) is 0. The highest BCUT2D eigenvalue weighted by Crippen LogP contribution is 2.41. The van der Waals surface area contributed by atoms with Crippen LogP contribution in [0.2, 0.25) is 0 Å². The molecule has 2 heterocycles. The number of ketones is 1. The third kappa shape index (κ3) is 3.66. The molecule has 6 rings (SSSR count). The van der Waals surface area contributed by atoms with Crippen LogP contribution in [0.25, 0.3) is 16.9 Å². The van der Waals surface area contributed by atoms with Gasteiger partial charge in [-0.3, -0.25) is 4.79 Å². The summed E-state index contributed by atoms with van der Waals surface area (Å²) in [6.45, 7) is 1.09. The number of halogens is 1. The molecule has 0 spiro atoms. The Balaban J connectivity index is 1.54. The van der Waals surface area contributed by atoms with Gasteiger partial charge in [-0.1, -0.05) is 58.4 Å². The van der Waals surface area contributed by atoms with Crippen LogP contribution in [0, 0.1) is 0 Å². The Morgan fingerprint density at radius 1 is 0.818 bits per heavy atom. The Morgan fingerprint density at radius 2 is 1.58 bits per heavy atom. The lowest BCUT2D eigenvalue weighted by atomic mass is 9.82. The van der Waals surface area contributed by atoms with Gasteiger partial charge < -0.3 is 14.0 Å². The molecule has 0 N–H and O–H groups in total. The van der Waals surface area contributed by atoms with Crippen molar-refractivity contribution in [3.05, 3.63) is 100 Å². The third-order valence-electron chi connectivity index (χ3n) is 6.47. The van der Waals surface area contributed by atoms with Gasteiger partial charge in [-0.15, -0.1) is 0 Å². The monoisotopic (exact) mass is 499 g/mol. The summed E-state index contributed by atoms with van der Waals surface area (Å²) in [7, 11) is 0. The van der Waals surface area contributed by atoms with Crippen LogP contribution in [0.15, 0.2) is 83.3 Å². The maximum absolute atomic E-state index is 13.3. The maximum atomic E-state index is 13.3. The van der Waals surface area contributed by atoms with E-state index in [0.29, 0.717) is 19.6 Å². The number of nitrogens with zero attached hydrogens (tertiary/aromatic N) is 1. The molecule has 1 aliphatic carbocycles. The number of fused-ring (bicyclic) bond motifs is 2. The van der Waals surface area contributed by atoms with Crippen molar-refractivity contribution in [2.24, 2.45) is 0 Å². The van der Waals surface area contributed by atoms with Crippen molar-refractivity contribution >= 4 is 21.7 Å². The number of aromatic nitrogens is 1. The number of ether oxygens (including phenoxy) is 2. The minimum atomic E-state index is 0.162. The molecule has 5 heteroatoms. The van der Waals surface area contributed by atoms with E-state index >= 15 is 0 Å². The van der Waals surface area contributed by atoms with Crippen LogP contribution in [0.5, 0.6) is 11.5 Å². The van der Waals surface area contributed by atoms with Crippen LogP contribution in [0.3, 0.4) is 0 Å². The van der Waals surface area contributed by atoms with Gasteiger partial charge in [0.15, 0.2) is 17.3 Å². The molecule has 0 saturated carbocycles. The molecule has 4 aromatic rings. The second-order valence-corrected chi connectivity index (χ2v) is 9.41. The molecular weight excluding hydrogens is 478 g/mol. The highest BCUT2D eigenvalue weighted by atomic mass is 79.9. The Hall–Kier alpha value is -3.31. The Bertz CT molecular complexity index is 1340. The van der Waals surface area contributed by atoms with Crippen molar-refractivity contribution in [1.29, 1.82) is 0 Å². The fraction of sp³-hybridized carbons (Fsp3) is 0.179. The largest absolute Gasteiger partial charge is 0.486 e. The van der Waals surface area contributed by atoms with Gasteiger partial charge in [-0.2, -0.15) is 0 Å². The van der Waals surface area contributed by atoms with E-state index in [-0.39, 0.29) is 11.7 Å². The van der Waals surface area contributed by atoms with Crippen LogP contribution in [-0.2, 0) is 6.42 Å². The number of rotatable bonds is 3. The first-order valence-corrected chi connectivity index (χ1v) is 12.0. The van der Waals surface area contributed by atoms with Gasteiger partial charge in [0.2, 0.25) is 0 Å². The van der Waals surface area contributed by atoms with Crippen molar-refractivity contribution in [3.63, 3.8) is 0 Å². The summed E-state index contributed by atoms with van der Waals surface area (Å²) >= 11 is 3.53. The number of Topliss-reactive ketones (excluding diaryl/α,β-unsaturated/α-hetero) is 1. The van der Waals surface area contributed by atoms with E-state index in [4.69, 9.17) is 9.47 Å². The van der Waals surface area contributed by atoms with E-state index in [1.807, 2.05) is 48.5 Å². The van der Waals surface area contributed by atoms with E-state index in [1.165, 1.54) is 5.56 Å². The van der Waals surface area contributed by atoms with Crippen molar-refractivity contribution < 1.29 is 14.3 Å². The van der Waals surface area contributed by atoms with Crippen molar-refractivity contribution in [2.45, 2.75) is 18.8 Å². The Morgan fingerprint density at radius 3 is 2.36 bits per heavy atom. The first kappa shape index (κ1) is 20.3. The number of carbonyl (C=O) groups is 1. The molecule has 0 radical (unpaired) electrons. The zero-order valence-electron chi connectivity index (χ0n) is 18.0. The molecule has 33 heavy (non-hydrogen) atoms. The zero-order chi connectivity index (χ0) is 22.4. The van der Waals surface area contributed by atoms with Crippen molar-refractivity contribution in [2.75, 3.05) is 13.2 Å². The molecule has 2 aliphatic rings. The van der Waals surface area contributed by atoms with Gasteiger partial charge in [-0.25, -0.2) is 0 Å². The number of benzene rings is 3. The smallest absolute Gasteiger partial charge is 0.165 e. The molecule has 3 aromatic carbocycles. The molecule has 0 saturated heterocycles. The average molecular weight is 500 g/mol. The molecule has 1 unspecified atom stereocenters. The average Bonchev–Trinajstić information content (AvgIpc) is 3.25. The van der Waals surface area contributed by atoms with Gasteiger partial charge in [0, 0.05) is 33.9 Å². The fourth-order valence-electron chi connectivity index (χ4n) is 4.89. The molecule has 0 bridgehead atoms. The summed E-state index contributed by atoms with van der Waals surface area (Å²) in [4.78, 5) is 13.3. The van der Waals surface area contributed by atoms with Gasteiger partial charge >= 0.3 is 0 Å². The third-order valence-corrected chi connectivity index (χ3v) is 7.00. The maximum Gasteiger partial charge on any atom is 0.165 e. The van der Waals surface area contributed by atoms with Crippen molar-refractivity contribution in [1.82, 2.24) is 4.57 Å². The first-order chi connectivity index (χ1) is 16.2. The lowest BCUT2D eigenvalue weighted by Gasteiger charge is -2.25. The first-order valence-electron chi connectivity index (χ1n) is 11.2. The predicted octanol–water partition coefficient (Wildman–Crippen LogP) is 6.59. The van der Waals surface area contributed by atoms with Crippen LogP contribution < -0.4 is 9.47 Å². The summed E-state index contributed by atoms with van der Waals surface area (Å²) in [5, 5.41) is 0. The van der Waals surface area contributed by atoms with Crippen LogP contribution >= 0.6 is 15.9 Å². The lowest BCUT2D eigenvalue weighted by molar-refractivity contribution is 0.0963. The molecule has 1 aliphatic heterocycles. The van der Waals surface area contributed by atoms with E-state index in [0.717, 1.165) is 50.6 Å². The van der Waals surface area contributed by atoms with Gasteiger partial charge in [0.1, 0.15) is 13.2 Å². The highest BCUT2D eigenvalue weighted by molar-refractivity contribution is 9.10. The summed E-state index contributed by atoms with van der Waals surface area (Å²) in [5.74, 6) is 1.86. The topological polar surface area (TPSA) is 40.5 Å². The second kappa shape index (κ2) is 8.23. The SMILES string of the molecule is O=C1CC(c2ccccc2)Cc2c1cc(-c1ccc(Br)cc1)n2-c1ccc2c(c1)OCCO2. The van der Waals surface area contributed by atoms with E-state index in [1.54, 1.807) is 0 Å². The predicted molar refractivity (Wildman–Crippen MR) is 132 cm³/mol. The quantitative estimate of drug-likeness (QED) is 0.319. The number of hydrogen-bond acceptors (Lipinski definition) is 3. The molecular formula is C28H22BrNO3. The zero-order valence-corrected chi connectivity index (χ0v) is 19.5. The fourth-order valence-corrected chi connectivity index (χ4v) is 5.16. The molecule has 0 fully saturated rings. The molecule has 4 nitrogen and oxygen atoms in total. The summed E-state index contributed by atoms with van der Waals surface area (Å²) in [6, 6.07) is 26.7. The van der Waals surface area contributed by atoms with Crippen LogP contribution in [0.4, 0.5) is 0 Å². The summed E-state index contributed by atoms with van der Waals surface area (Å²) in [5.41, 5.74) is 6.11. The normalized spacial score (nSPS) is 17.0. The molecule has 1 atom stereocenters. The Labute approximate surface area is 200 Å². The van der Waals surface area contributed by atoms with Crippen molar-refractivity contribution in [3.8, 4) is 28.4 Å². The van der Waals surface area contributed by atoms with Gasteiger partial charge in [0.05, 0.1) is 5.69 Å². The van der Waals surface area contributed by atoms with Crippen LogP contribution in [-0.4, -0.2) is 23.6 Å². The highest BCUT2D eigenvalue weighted by Gasteiger charge is 2.31. The van der Waals surface area contributed by atoms with E-state index in [9.17, 15) is 4.79 Å². The minimum absolute atomic E-state index is 0.162. The summed E-state index contributed by atoms with van der Waals surface area (Å²) in [6.07, 6.45) is 1.33. The van der Waals surface area contributed by atoms with E-state index in [2.05, 4.69) is 50.8 Å². The number of carbonyl (C=O) groups excluding carboxylic acids is 1. The minimum Gasteiger partial charge on any atom is -0.486 e. The molecule has 1 aromatic heterocycles. The lowest BCUT2D eigenvalue weighted by Crippen LogP contribution is -2.20. The van der Waals surface area contributed by atoms with E-state index < -0.39 is 0 Å². The summed E-state index contributed by atoms with van der Waals surface area (Å²) < 4.78 is 14.9. The van der Waals surface area contributed by atoms with Gasteiger partial charge in [-0.05, 0) is 53.8 Å². The molecule has 164 valence electrons. The standard InChI is InChI=1S/C28H22BrNO3/c29-21-8-6-19(7-9-21)24-17-23-25(14-20(15-26(23)31)18-4-2-1-3-5-18)30(24)22-10-11-27-28(16-22)33-13-12-32-27/h1-11,16-17,20H,12-15H2. The molecule has 0 amide bonds. The van der Waals surface area contributed by atoms with Crippen LogP contribution in [0.1, 0.15) is 34.0 Å². The van der Waals surface area contributed by atoms with Gasteiger partial charge in [0.25, 0.3) is 0 Å². The second-order valence-electron chi connectivity index (χ2n) is 8.50.